The molecule has 2 aromatic carbocycles. The average molecular weight is 350 g/mol. The van der Waals surface area contributed by atoms with Crippen LogP contribution in [0.5, 0.6) is 11.5 Å². The number of benzene rings is 2. The lowest BCUT2D eigenvalue weighted by Gasteiger charge is -2.23. The number of aromatic nitrogens is 3. The number of anilines is 1. The molecule has 0 saturated carbocycles. The highest BCUT2D eigenvalue weighted by molar-refractivity contribution is 5.93. The largest absolute Gasteiger partial charge is 0.454 e. The fourth-order valence-electron chi connectivity index (χ4n) is 2.85. The van der Waals surface area contributed by atoms with Crippen LogP contribution < -0.4 is 14.4 Å². The number of amides is 1. The van der Waals surface area contributed by atoms with Crippen LogP contribution in [-0.2, 0) is 17.9 Å². The third-order valence-electron chi connectivity index (χ3n) is 4.17. The summed E-state index contributed by atoms with van der Waals surface area (Å²) >= 11 is 0. The fraction of sp³-hybridized carbons (Fsp3) is 0.211. The Hall–Kier alpha value is -3.35. The Morgan fingerprint density at radius 2 is 1.96 bits per heavy atom. The summed E-state index contributed by atoms with van der Waals surface area (Å²) in [5.74, 6) is 1.47. The van der Waals surface area contributed by atoms with Gasteiger partial charge < -0.3 is 14.4 Å². The fourth-order valence-corrected chi connectivity index (χ4v) is 2.85. The third-order valence-corrected chi connectivity index (χ3v) is 4.17. The van der Waals surface area contributed by atoms with Gasteiger partial charge in [-0.3, -0.25) is 9.48 Å². The zero-order valence-corrected chi connectivity index (χ0v) is 14.1. The van der Waals surface area contributed by atoms with Gasteiger partial charge in [0.2, 0.25) is 12.7 Å². The maximum Gasteiger partial charge on any atom is 0.231 e. The highest BCUT2D eigenvalue weighted by atomic mass is 16.7. The minimum absolute atomic E-state index is 0.0179. The topological polar surface area (TPSA) is 69.5 Å². The van der Waals surface area contributed by atoms with Gasteiger partial charge in [-0.1, -0.05) is 24.3 Å². The molecule has 0 atom stereocenters. The summed E-state index contributed by atoms with van der Waals surface area (Å²) in [6, 6.07) is 15.4. The molecule has 7 nitrogen and oxygen atoms in total. The molecule has 0 radical (unpaired) electrons. The molecule has 0 unspecified atom stereocenters. The summed E-state index contributed by atoms with van der Waals surface area (Å²) in [7, 11) is 0. The number of hydrogen-bond donors (Lipinski definition) is 0. The Labute approximate surface area is 150 Å². The Balaban J connectivity index is 1.53. The van der Waals surface area contributed by atoms with E-state index < -0.39 is 0 Å². The molecular formula is C19H18N4O3. The molecule has 3 aromatic rings. The van der Waals surface area contributed by atoms with Gasteiger partial charge in [0.25, 0.3) is 0 Å². The van der Waals surface area contributed by atoms with Crippen molar-refractivity contribution in [3.8, 4) is 11.5 Å². The Bertz CT molecular complexity index is 881. The molecule has 1 aromatic heterocycles. The third kappa shape index (κ3) is 3.51. The summed E-state index contributed by atoms with van der Waals surface area (Å²) < 4.78 is 12.4. The number of fused-ring (bicyclic) bond motifs is 1. The second-order valence-electron chi connectivity index (χ2n) is 5.91. The maximum absolute atomic E-state index is 12.9. The lowest BCUT2D eigenvalue weighted by atomic mass is 10.1. The molecule has 7 heteroatoms. The molecule has 132 valence electrons. The highest BCUT2D eigenvalue weighted by Gasteiger charge is 2.19. The van der Waals surface area contributed by atoms with E-state index in [1.54, 1.807) is 15.9 Å². The molecule has 2 heterocycles. The molecule has 4 rings (SSSR count). The monoisotopic (exact) mass is 350 g/mol. The van der Waals surface area contributed by atoms with E-state index in [1.807, 2.05) is 48.5 Å². The van der Waals surface area contributed by atoms with Gasteiger partial charge >= 0.3 is 0 Å². The Kier molecular flexibility index (Phi) is 4.51. The number of carbonyl (C=O) groups excluding carboxylic acids is 1. The minimum atomic E-state index is 0.0179. The van der Waals surface area contributed by atoms with Crippen LogP contribution >= 0.6 is 0 Å². The van der Waals surface area contributed by atoms with Crippen molar-refractivity contribution >= 4 is 11.6 Å². The van der Waals surface area contributed by atoms with Gasteiger partial charge in [-0.2, -0.15) is 5.10 Å². The van der Waals surface area contributed by atoms with Crippen LogP contribution in [0.2, 0.25) is 0 Å². The first-order chi connectivity index (χ1) is 12.8. The van der Waals surface area contributed by atoms with E-state index in [-0.39, 0.29) is 12.7 Å². The lowest BCUT2D eigenvalue weighted by molar-refractivity contribution is -0.119. The van der Waals surface area contributed by atoms with Crippen molar-refractivity contribution in [2.75, 3.05) is 11.7 Å². The first kappa shape index (κ1) is 16.1. The molecule has 0 N–H and O–H groups in total. The number of nitrogens with zero attached hydrogens (tertiary/aromatic N) is 4. The minimum Gasteiger partial charge on any atom is -0.454 e. The van der Waals surface area contributed by atoms with Crippen LogP contribution in [0.3, 0.4) is 0 Å². The molecule has 1 amide bonds. The number of para-hydroxylation sites is 1. The highest BCUT2D eigenvalue weighted by Crippen LogP contribution is 2.33. The van der Waals surface area contributed by atoms with E-state index in [0.29, 0.717) is 25.3 Å². The molecule has 0 fully saturated rings. The summed E-state index contributed by atoms with van der Waals surface area (Å²) in [4.78, 5) is 18.6. The van der Waals surface area contributed by atoms with Crippen molar-refractivity contribution < 1.29 is 14.3 Å². The average Bonchev–Trinajstić information content (AvgIpc) is 3.36. The predicted octanol–water partition coefficient (Wildman–Crippen LogP) is 2.63. The molecule has 0 saturated heterocycles. The smallest absolute Gasteiger partial charge is 0.231 e. The Morgan fingerprint density at radius 1 is 1.12 bits per heavy atom. The molecule has 0 bridgehead atoms. The molecule has 1 aliphatic heterocycles. The molecule has 1 aliphatic rings. The molecule has 0 spiro atoms. The van der Waals surface area contributed by atoms with Crippen molar-refractivity contribution in [1.82, 2.24) is 14.8 Å². The van der Waals surface area contributed by atoms with E-state index in [1.165, 1.54) is 6.33 Å². The zero-order valence-electron chi connectivity index (χ0n) is 14.1. The van der Waals surface area contributed by atoms with Gasteiger partial charge in [-0.05, 0) is 29.8 Å². The second kappa shape index (κ2) is 7.26. The predicted molar refractivity (Wildman–Crippen MR) is 94.8 cm³/mol. The Morgan fingerprint density at radius 3 is 2.77 bits per heavy atom. The number of aryl methyl sites for hydroxylation is 1. The summed E-state index contributed by atoms with van der Waals surface area (Å²) in [6.45, 7) is 1.18. The number of ether oxygens (including phenoxy) is 2. The van der Waals surface area contributed by atoms with Crippen molar-refractivity contribution in [1.29, 1.82) is 0 Å². The molecular weight excluding hydrogens is 332 g/mol. The van der Waals surface area contributed by atoms with E-state index in [0.717, 1.165) is 17.0 Å². The first-order valence-electron chi connectivity index (χ1n) is 8.36. The van der Waals surface area contributed by atoms with Gasteiger partial charge in [0.15, 0.2) is 11.5 Å². The van der Waals surface area contributed by atoms with Crippen molar-refractivity contribution in [2.45, 2.75) is 19.5 Å². The van der Waals surface area contributed by atoms with Crippen molar-refractivity contribution in [3.05, 3.63) is 66.7 Å². The zero-order chi connectivity index (χ0) is 17.8. The van der Waals surface area contributed by atoms with Gasteiger partial charge in [-0.15, -0.1) is 0 Å². The van der Waals surface area contributed by atoms with Crippen molar-refractivity contribution in [2.24, 2.45) is 0 Å². The summed E-state index contributed by atoms with van der Waals surface area (Å²) in [5, 5.41) is 4.05. The van der Waals surface area contributed by atoms with Crippen LogP contribution in [0.15, 0.2) is 61.2 Å². The van der Waals surface area contributed by atoms with E-state index in [4.69, 9.17) is 9.47 Å². The SMILES string of the molecule is O=C(CCn1cncn1)N(Cc1ccc2c(c1)OCO2)c1ccccc1. The standard InChI is InChI=1S/C19H18N4O3/c24-19(8-9-22-13-20-12-21-22)23(16-4-2-1-3-5-16)11-15-6-7-17-18(10-15)26-14-25-17/h1-7,10,12-13H,8-9,11,14H2. The van der Waals surface area contributed by atoms with Crippen LogP contribution in [0.25, 0.3) is 0 Å². The van der Waals surface area contributed by atoms with Crippen LogP contribution in [-0.4, -0.2) is 27.5 Å². The molecule has 26 heavy (non-hydrogen) atoms. The van der Waals surface area contributed by atoms with Gasteiger partial charge in [0.05, 0.1) is 13.1 Å². The van der Waals surface area contributed by atoms with Crippen LogP contribution in [0.4, 0.5) is 5.69 Å². The van der Waals surface area contributed by atoms with Crippen molar-refractivity contribution in [3.63, 3.8) is 0 Å². The number of carbonyl (C=O) groups is 1. The van der Waals surface area contributed by atoms with Gasteiger partial charge in [-0.25, -0.2) is 4.98 Å². The quantitative estimate of drug-likeness (QED) is 0.683. The van der Waals surface area contributed by atoms with E-state index in [2.05, 4.69) is 10.1 Å². The summed E-state index contributed by atoms with van der Waals surface area (Å²) in [5.41, 5.74) is 1.83. The number of rotatable bonds is 6. The molecule has 0 aliphatic carbocycles. The van der Waals surface area contributed by atoms with E-state index in [9.17, 15) is 4.79 Å². The maximum atomic E-state index is 12.9. The normalized spacial score (nSPS) is 12.2. The summed E-state index contributed by atoms with van der Waals surface area (Å²) in [6.07, 6.45) is 3.41. The lowest BCUT2D eigenvalue weighted by Crippen LogP contribution is -2.31. The van der Waals surface area contributed by atoms with Gasteiger partial charge in [0, 0.05) is 12.1 Å². The second-order valence-corrected chi connectivity index (χ2v) is 5.91. The van der Waals surface area contributed by atoms with E-state index >= 15 is 0 Å². The van der Waals surface area contributed by atoms with Gasteiger partial charge in [0.1, 0.15) is 12.7 Å². The number of hydrogen-bond acceptors (Lipinski definition) is 5. The van der Waals surface area contributed by atoms with Crippen LogP contribution in [0.1, 0.15) is 12.0 Å². The first-order valence-corrected chi connectivity index (χ1v) is 8.36. The van der Waals surface area contributed by atoms with Crippen LogP contribution in [0, 0.1) is 0 Å².